The molecule has 1 fully saturated rings. The van der Waals surface area contributed by atoms with Gasteiger partial charge in [-0.15, -0.1) is 0 Å². The molecule has 0 saturated heterocycles. The predicted molar refractivity (Wildman–Crippen MR) is 75.1 cm³/mol. The molecule has 1 saturated carbocycles. The molecule has 1 amide bonds. The van der Waals surface area contributed by atoms with Gasteiger partial charge in [0.05, 0.1) is 0 Å². The summed E-state index contributed by atoms with van der Waals surface area (Å²) in [6.07, 6.45) is 8.74. The fourth-order valence-electron chi connectivity index (χ4n) is 2.68. The van der Waals surface area contributed by atoms with Crippen molar-refractivity contribution in [3.8, 4) is 0 Å². The fraction of sp³-hybridized carbons (Fsp3) is 0.867. The number of hydrogen-bond donors (Lipinski definition) is 0. The summed E-state index contributed by atoms with van der Waals surface area (Å²) >= 11 is 0. The van der Waals surface area contributed by atoms with Crippen molar-refractivity contribution < 1.29 is 9.53 Å². The smallest absolute Gasteiger partial charge is 0.433 e. The third-order valence-corrected chi connectivity index (χ3v) is 3.59. The number of hydrogen-bond acceptors (Lipinski definition) is 2. The fourth-order valence-corrected chi connectivity index (χ4v) is 2.68. The van der Waals surface area contributed by atoms with Crippen LogP contribution in [0.4, 0.5) is 4.79 Å². The molecule has 0 heterocycles. The molecule has 1 aliphatic carbocycles. The largest absolute Gasteiger partial charge is 0.442 e. The van der Waals surface area contributed by atoms with E-state index in [4.69, 9.17) is 4.74 Å². The number of aliphatic imine (C=N–C) groups is 1. The lowest BCUT2D eigenvalue weighted by atomic mass is 9.76. The van der Waals surface area contributed by atoms with Crippen molar-refractivity contribution in [2.75, 3.05) is 0 Å². The lowest BCUT2D eigenvalue weighted by molar-refractivity contribution is 0.0604. The number of carbonyl (C=O) groups excluding carboxylic acids is 1. The second kappa shape index (κ2) is 6.91. The quantitative estimate of drug-likeness (QED) is 0.689. The monoisotopic (exact) mass is 253 g/mol. The Bertz CT molecular complexity index is 291. The Morgan fingerprint density at radius 2 is 1.89 bits per heavy atom. The molecule has 0 aromatic rings. The Labute approximate surface area is 111 Å². The number of nitrogens with zero attached hydrogens (tertiary/aromatic N) is 1. The highest BCUT2D eigenvalue weighted by Gasteiger charge is 2.22. The van der Waals surface area contributed by atoms with E-state index in [-0.39, 0.29) is 0 Å². The molecule has 0 N–H and O–H groups in total. The molecule has 2 unspecified atom stereocenters. The van der Waals surface area contributed by atoms with Gasteiger partial charge in [-0.3, -0.25) is 0 Å². The van der Waals surface area contributed by atoms with E-state index < -0.39 is 11.7 Å². The summed E-state index contributed by atoms with van der Waals surface area (Å²) in [7, 11) is 0. The second-order valence-corrected chi connectivity index (χ2v) is 6.24. The summed E-state index contributed by atoms with van der Waals surface area (Å²) in [5, 5.41) is 0. The molecule has 2 atom stereocenters. The molecule has 0 bridgehead atoms. The maximum Gasteiger partial charge on any atom is 0.433 e. The average Bonchev–Trinajstić information content (AvgIpc) is 2.27. The maximum atomic E-state index is 11.4. The van der Waals surface area contributed by atoms with Crippen molar-refractivity contribution in [1.82, 2.24) is 0 Å². The molecule has 18 heavy (non-hydrogen) atoms. The van der Waals surface area contributed by atoms with Gasteiger partial charge in [0.15, 0.2) is 0 Å². The molecule has 104 valence electrons. The summed E-state index contributed by atoms with van der Waals surface area (Å²) in [4.78, 5) is 15.3. The van der Waals surface area contributed by atoms with Gasteiger partial charge in [-0.05, 0) is 45.4 Å². The van der Waals surface area contributed by atoms with Crippen LogP contribution in [0.25, 0.3) is 0 Å². The van der Waals surface area contributed by atoms with Crippen molar-refractivity contribution in [1.29, 1.82) is 0 Å². The van der Waals surface area contributed by atoms with E-state index in [1.165, 1.54) is 32.1 Å². The van der Waals surface area contributed by atoms with Gasteiger partial charge in [-0.2, -0.15) is 4.99 Å². The van der Waals surface area contributed by atoms with Crippen LogP contribution in [0.2, 0.25) is 0 Å². The summed E-state index contributed by atoms with van der Waals surface area (Å²) < 4.78 is 5.14. The molecule has 0 aromatic carbocycles. The van der Waals surface area contributed by atoms with E-state index in [1.807, 2.05) is 20.8 Å². The normalized spacial score (nSPS) is 25.3. The lowest BCUT2D eigenvalue weighted by Crippen LogP contribution is -2.22. The zero-order valence-electron chi connectivity index (χ0n) is 12.2. The van der Waals surface area contributed by atoms with Gasteiger partial charge in [-0.25, -0.2) is 4.79 Å². The highest BCUT2D eigenvalue weighted by Crippen LogP contribution is 2.33. The molecule has 0 spiro atoms. The van der Waals surface area contributed by atoms with E-state index in [2.05, 4.69) is 11.9 Å². The van der Waals surface area contributed by atoms with Gasteiger partial charge in [0.2, 0.25) is 0 Å². The van der Waals surface area contributed by atoms with Crippen LogP contribution in [0.15, 0.2) is 4.99 Å². The molecule has 1 aliphatic rings. The Balaban J connectivity index is 2.36. The Morgan fingerprint density at radius 3 is 2.44 bits per heavy atom. The van der Waals surface area contributed by atoms with Crippen molar-refractivity contribution in [2.45, 2.75) is 71.8 Å². The Morgan fingerprint density at radius 1 is 1.28 bits per heavy atom. The van der Waals surface area contributed by atoms with Crippen LogP contribution < -0.4 is 0 Å². The van der Waals surface area contributed by atoms with Crippen LogP contribution >= 0.6 is 0 Å². The first-order valence-corrected chi connectivity index (χ1v) is 7.18. The molecular formula is C15H27NO2. The summed E-state index contributed by atoms with van der Waals surface area (Å²) in [5.41, 5.74) is -0.453. The summed E-state index contributed by atoms with van der Waals surface area (Å²) in [5.74, 6) is 1.51. The van der Waals surface area contributed by atoms with Crippen molar-refractivity contribution in [3.63, 3.8) is 0 Å². The first-order chi connectivity index (χ1) is 8.42. The van der Waals surface area contributed by atoms with Gasteiger partial charge in [0.1, 0.15) is 5.60 Å². The SMILES string of the molecule is CCC1CCCCC1CC=NC(=O)OC(C)(C)C. The zero-order valence-corrected chi connectivity index (χ0v) is 12.2. The highest BCUT2D eigenvalue weighted by atomic mass is 16.6. The predicted octanol–water partition coefficient (Wildman–Crippen LogP) is 4.60. The van der Waals surface area contributed by atoms with Crippen LogP contribution in [0, 0.1) is 11.8 Å². The van der Waals surface area contributed by atoms with Gasteiger partial charge in [0.25, 0.3) is 0 Å². The molecule has 0 aromatic heterocycles. The lowest BCUT2D eigenvalue weighted by Gasteiger charge is -2.29. The van der Waals surface area contributed by atoms with Gasteiger partial charge >= 0.3 is 6.09 Å². The van der Waals surface area contributed by atoms with E-state index in [0.29, 0.717) is 5.92 Å². The van der Waals surface area contributed by atoms with Crippen molar-refractivity contribution in [3.05, 3.63) is 0 Å². The molecule has 0 radical (unpaired) electrons. The van der Waals surface area contributed by atoms with E-state index in [9.17, 15) is 4.79 Å². The number of carbonyl (C=O) groups is 1. The maximum absolute atomic E-state index is 11.4. The van der Waals surface area contributed by atoms with Gasteiger partial charge in [0, 0.05) is 6.21 Å². The zero-order chi connectivity index (χ0) is 13.6. The third-order valence-electron chi connectivity index (χ3n) is 3.59. The Hall–Kier alpha value is -0.860. The van der Waals surface area contributed by atoms with Crippen molar-refractivity contribution >= 4 is 12.3 Å². The minimum Gasteiger partial charge on any atom is -0.442 e. The average molecular weight is 253 g/mol. The summed E-state index contributed by atoms with van der Waals surface area (Å²) in [6, 6.07) is 0. The summed E-state index contributed by atoms with van der Waals surface area (Å²) in [6.45, 7) is 7.83. The van der Waals surface area contributed by atoms with Crippen molar-refractivity contribution in [2.24, 2.45) is 16.8 Å². The molecule has 0 aliphatic heterocycles. The number of amides is 1. The minimum absolute atomic E-state index is 0.453. The third kappa shape index (κ3) is 5.65. The molecule has 3 nitrogen and oxygen atoms in total. The van der Waals surface area contributed by atoms with Crippen LogP contribution in [0.3, 0.4) is 0 Å². The first kappa shape index (κ1) is 15.2. The Kier molecular flexibility index (Phi) is 5.83. The number of ether oxygens (including phenoxy) is 1. The molecular weight excluding hydrogens is 226 g/mol. The number of rotatable bonds is 3. The minimum atomic E-state index is -0.466. The molecule has 3 heteroatoms. The first-order valence-electron chi connectivity index (χ1n) is 7.18. The van der Waals surface area contributed by atoms with Crippen LogP contribution in [0.5, 0.6) is 0 Å². The van der Waals surface area contributed by atoms with E-state index >= 15 is 0 Å². The second-order valence-electron chi connectivity index (χ2n) is 6.24. The van der Waals surface area contributed by atoms with Crippen LogP contribution in [-0.2, 0) is 4.74 Å². The van der Waals surface area contributed by atoms with Crippen LogP contribution in [0.1, 0.15) is 66.2 Å². The van der Waals surface area contributed by atoms with E-state index in [1.54, 1.807) is 6.21 Å². The highest BCUT2D eigenvalue weighted by molar-refractivity contribution is 5.79. The standard InChI is InChI=1S/C15H27NO2/c1-5-12-8-6-7-9-13(12)10-11-16-14(17)18-15(2,3)4/h11-13H,5-10H2,1-4H3. The van der Waals surface area contributed by atoms with E-state index in [0.717, 1.165) is 12.3 Å². The van der Waals surface area contributed by atoms with Crippen LogP contribution in [-0.4, -0.2) is 17.9 Å². The van der Waals surface area contributed by atoms with Gasteiger partial charge in [-0.1, -0.05) is 32.6 Å². The molecule has 1 rings (SSSR count). The van der Waals surface area contributed by atoms with Gasteiger partial charge < -0.3 is 4.74 Å². The topological polar surface area (TPSA) is 38.7 Å².